The summed E-state index contributed by atoms with van der Waals surface area (Å²) in [6, 6.07) is 9.73. The fraction of sp³-hybridized carbons (Fsp3) is 0.0714. The molecule has 0 spiro atoms. The van der Waals surface area contributed by atoms with E-state index < -0.39 is 0 Å². The van der Waals surface area contributed by atoms with Crippen molar-refractivity contribution < 1.29 is 9.15 Å². The number of nitrogen functional groups attached to an aromatic ring is 1. The first-order valence-corrected chi connectivity index (χ1v) is 5.55. The van der Waals surface area contributed by atoms with Gasteiger partial charge in [0.15, 0.2) is 0 Å². The number of pyridine rings is 1. The summed E-state index contributed by atoms with van der Waals surface area (Å²) in [6.45, 7) is 0. The predicted molar refractivity (Wildman–Crippen MR) is 70.4 cm³/mol. The van der Waals surface area contributed by atoms with E-state index in [4.69, 9.17) is 14.9 Å². The molecule has 4 nitrogen and oxygen atoms in total. The lowest BCUT2D eigenvalue weighted by atomic mass is 10.0. The van der Waals surface area contributed by atoms with Crippen molar-refractivity contribution in [1.29, 1.82) is 0 Å². The molecule has 1 aromatic carbocycles. The lowest BCUT2D eigenvalue weighted by molar-refractivity contribution is 0.415. The van der Waals surface area contributed by atoms with E-state index in [1.807, 2.05) is 30.3 Å². The highest BCUT2D eigenvalue weighted by molar-refractivity contribution is 6.00. The number of nitrogens with zero attached hydrogens (tertiary/aromatic N) is 1. The summed E-state index contributed by atoms with van der Waals surface area (Å²) in [7, 11) is 1.65. The summed E-state index contributed by atoms with van der Waals surface area (Å²) in [4.78, 5) is 4.15. The Labute approximate surface area is 104 Å². The highest BCUT2D eigenvalue weighted by Crippen LogP contribution is 2.33. The van der Waals surface area contributed by atoms with Gasteiger partial charge in [-0.15, -0.1) is 0 Å². The average Bonchev–Trinajstić information content (AvgIpc) is 2.81. The number of hydrogen-bond acceptors (Lipinski definition) is 4. The van der Waals surface area contributed by atoms with Crippen LogP contribution in [-0.4, -0.2) is 12.1 Å². The molecule has 18 heavy (non-hydrogen) atoms. The van der Waals surface area contributed by atoms with Gasteiger partial charge in [-0.25, -0.2) is 4.98 Å². The van der Waals surface area contributed by atoms with Crippen molar-refractivity contribution in [2.45, 2.75) is 0 Å². The molecule has 4 heteroatoms. The first kappa shape index (κ1) is 10.7. The number of ether oxygens (including phenoxy) is 1. The molecule has 0 saturated heterocycles. The van der Waals surface area contributed by atoms with Crippen LogP contribution in [0, 0.1) is 0 Å². The number of anilines is 1. The number of fused-ring (bicyclic) bond motifs is 1. The Hall–Kier alpha value is -2.49. The van der Waals surface area contributed by atoms with Gasteiger partial charge < -0.3 is 14.9 Å². The molecule has 0 aliphatic carbocycles. The first-order valence-electron chi connectivity index (χ1n) is 5.55. The van der Waals surface area contributed by atoms with E-state index >= 15 is 0 Å². The maximum Gasteiger partial charge on any atom is 0.228 e. The van der Waals surface area contributed by atoms with Crippen molar-refractivity contribution in [3.8, 4) is 16.9 Å². The van der Waals surface area contributed by atoms with E-state index in [9.17, 15) is 0 Å². The van der Waals surface area contributed by atoms with Crippen LogP contribution in [-0.2, 0) is 0 Å². The summed E-state index contributed by atoms with van der Waals surface area (Å²) >= 11 is 0. The van der Waals surface area contributed by atoms with Crippen LogP contribution in [0.15, 0.2) is 47.2 Å². The lowest BCUT2D eigenvalue weighted by Crippen LogP contribution is -1.87. The maximum absolute atomic E-state index is 5.91. The number of benzene rings is 1. The molecule has 2 heterocycles. The zero-order chi connectivity index (χ0) is 12.5. The Morgan fingerprint density at radius 2 is 1.94 bits per heavy atom. The van der Waals surface area contributed by atoms with E-state index in [0.717, 1.165) is 22.3 Å². The Bertz CT molecular complexity index is 687. The molecule has 0 saturated carbocycles. The van der Waals surface area contributed by atoms with Crippen molar-refractivity contribution in [1.82, 2.24) is 4.98 Å². The Morgan fingerprint density at radius 1 is 1.17 bits per heavy atom. The summed E-state index contributed by atoms with van der Waals surface area (Å²) in [6.07, 6.45) is 3.23. The number of methoxy groups -OCH3 is 1. The van der Waals surface area contributed by atoms with Crippen molar-refractivity contribution in [2.24, 2.45) is 0 Å². The van der Waals surface area contributed by atoms with Gasteiger partial charge in [0, 0.05) is 6.20 Å². The minimum absolute atomic E-state index is 0.556. The number of aromatic nitrogens is 1. The van der Waals surface area contributed by atoms with Crippen LogP contribution in [0.2, 0.25) is 0 Å². The van der Waals surface area contributed by atoms with Gasteiger partial charge in [-0.2, -0.15) is 0 Å². The molecule has 2 aromatic heterocycles. The molecule has 0 amide bonds. The second-order valence-electron chi connectivity index (χ2n) is 3.96. The molecule has 0 unspecified atom stereocenters. The molecule has 0 aliphatic heterocycles. The van der Waals surface area contributed by atoms with Crippen LogP contribution >= 0.6 is 0 Å². The second kappa shape index (κ2) is 4.07. The normalized spacial score (nSPS) is 10.7. The zero-order valence-electron chi connectivity index (χ0n) is 9.88. The molecule has 2 N–H and O–H groups in total. The Kier molecular flexibility index (Phi) is 2.41. The minimum atomic E-state index is 0.556. The van der Waals surface area contributed by atoms with E-state index in [1.54, 1.807) is 13.3 Å². The van der Waals surface area contributed by atoms with Crippen molar-refractivity contribution in [3.05, 3.63) is 42.8 Å². The number of furan rings is 1. The summed E-state index contributed by atoms with van der Waals surface area (Å²) in [5.41, 5.74) is 9.13. The van der Waals surface area contributed by atoms with Crippen LogP contribution < -0.4 is 10.5 Å². The predicted octanol–water partition coefficient (Wildman–Crippen LogP) is 3.09. The molecule has 3 rings (SSSR count). The second-order valence-corrected chi connectivity index (χ2v) is 3.96. The fourth-order valence-electron chi connectivity index (χ4n) is 2.00. The third kappa shape index (κ3) is 1.59. The van der Waals surface area contributed by atoms with Gasteiger partial charge in [-0.1, -0.05) is 12.1 Å². The molecule has 0 fully saturated rings. The highest BCUT2D eigenvalue weighted by atomic mass is 16.5. The van der Waals surface area contributed by atoms with E-state index in [2.05, 4.69) is 4.98 Å². The summed E-state index contributed by atoms with van der Waals surface area (Å²) in [5.74, 6) is 0.823. The fourth-order valence-corrected chi connectivity index (χ4v) is 2.00. The average molecular weight is 240 g/mol. The Morgan fingerprint density at radius 3 is 2.67 bits per heavy atom. The number of nitrogens with two attached hydrogens (primary N) is 1. The van der Waals surface area contributed by atoms with Crippen LogP contribution in [0.5, 0.6) is 5.75 Å². The van der Waals surface area contributed by atoms with Crippen LogP contribution in [0.4, 0.5) is 5.69 Å². The SMILES string of the molecule is COc1ccc(-c2ccnc3occ(N)c23)cc1. The number of rotatable bonds is 2. The lowest BCUT2D eigenvalue weighted by Gasteiger charge is -2.05. The van der Waals surface area contributed by atoms with Gasteiger partial charge in [0.1, 0.15) is 12.0 Å². The van der Waals surface area contributed by atoms with E-state index in [-0.39, 0.29) is 0 Å². The van der Waals surface area contributed by atoms with Gasteiger partial charge in [-0.3, -0.25) is 0 Å². The maximum atomic E-state index is 5.91. The van der Waals surface area contributed by atoms with Crippen LogP contribution in [0.25, 0.3) is 22.2 Å². The van der Waals surface area contributed by atoms with E-state index in [1.165, 1.54) is 6.26 Å². The standard InChI is InChI=1S/C14H12N2O2/c1-17-10-4-2-9(3-5-10)11-6-7-16-14-13(11)12(15)8-18-14/h2-8H,15H2,1H3. The Balaban J connectivity index is 2.21. The van der Waals surface area contributed by atoms with Gasteiger partial charge in [0.05, 0.1) is 18.2 Å². The van der Waals surface area contributed by atoms with E-state index in [0.29, 0.717) is 11.4 Å². The number of hydrogen-bond donors (Lipinski definition) is 1. The summed E-state index contributed by atoms with van der Waals surface area (Å²) < 4.78 is 10.4. The molecule has 90 valence electrons. The van der Waals surface area contributed by atoms with Gasteiger partial charge in [0.2, 0.25) is 5.71 Å². The zero-order valence-corrected chi connectivity index (χ0v) is 9.88. The molecular weight excluding hydrogens is 228 g/mol. The smallest absolute Gasteiger partial charge is 0.228 e. The molecule has 0 radical (unpaired) electrons. The quantitative estimate of drug-likeness (QED) is 0.747. The monoisotopic (exact) mass is 240 g/mol. The first-order chi connectivity index (χ1) is 8.79. The van der Waals surface area contributed by atoms with Crippen molar-refractivity contribution >= 4 is 16.8 Å². The topological polar surface area (TPSA) is 61.3 Å². The third-order valence-electron chi connectivity index (χ3n) is 2.90. The largest absolute Gasteiger partial charge is 0.497 e. The van der Waals surface area contributed by atoms with Crippen LogP contribution in [0.1, 0.15) is 0 Å². The molecule has 0 atom stereocenters. The molecular formula is C14H12N2O2. The van der Waals surface area contributed by atoms with Gasteiger partial charge in [0.25, 0.3) is 0 Å². The van der Waals surface area contributed by atoms with Gasteiger partial charge >= 0.3 is 0 Å². The van der Waals surface area contributed by atoms with Gasteiger partial charge in [-0.05, 0) is 29.3 Å². The van der Waals surface area contributed by atoms with Crippen LogP contribution in [0.3, 0.4) is 0 Å². The summed E-state index contributed by atoms with van der Waals surface area (Å²) in [5, 5.41) is 0.850. The molecule has 0 bridgehead atoms. The minimum Gasteiger partial charge on any atom is -0.497 e. The molecule has 3 aromatic rings. The van der Waals surface area contributed by atoms with Crippen molar-refractivity contribution in [3.63, 3.8) is 0 Å². The third-order valence-corrected chi connectivity index (χ3v) is 2.90. The van der Waals surface area contributed by atoms with Crippen molar-refractivity contribution in [2.75, 3.05) is 12.8 Å². The molecule has 0 aliphatic rings. The highest BCUT2D eigenvalue weighted by Gasteiger charge is 2.10.